The third-order valence-corrected chi connectivity index (χ3v) is 6.63. The molecule has 0 fully saturated rings. The Morgan fingerprint density at radius 2 is 2.04 bits per heavy atom. The fourth-order valence-electron chi connectivity index (χ4n) is 3.61. The van der Waals surface area contributed by atoms with Crippen molar-refractivity contribution in [2.45, 2.75) is 44.2 Å². The highest BCUT2D eigenvalue weighted by atomic mass is 32.2. The van der Waals surface area contributed by atoms with Gasteiger partial charge in [0.15, 0.2) is 0 Å². The molecule has 0 bridgehead atoms. The Kier molecular flexibility index (Phi) is 3.85. The second-order valence-corrected chi connectivity index (χ2v) is 8.07. The van der Waals surface area contributed by atoms with Crippen LogP contribution in [-0.2, 0) is 36.0 Å². The number of aryl methyl sites for hydroxylation is 1. The molecule has 1 aromatic heterocycles. The van der Waals surface area contributed by atoms with Crippen molar-refractivity contribution in [2.75, 3.05) is 13.2 Å². The highest BCUT2D eigenvalue weighted by Gasteiger charge is 2.34. The average molecular weight is 347 g/mol. The number of rotatable bonds is 4. The molecule has 2 heterocycles. The minimum atomic E-state index is -3.59. The number of sulfonamides is 1. The third kappa shape index (κ3) is 2.43. The van der Waals surface area contributed by atoms with Gasteiger partial charge in [-0.2, -0.15) is 9.40 Å². The number of benzene rings is 1. The summed E-state index contributed by atoms with van der Waals surface area (Å²) in [6.45, 7) is 3.73. The van der Waals surface area contributed by atoms with E-state index in [1.54, 1.807) is 28.6 Å². The maximum absolute atomic E-state index is 13.1. The van der Waals surface area contributed by atoms with Crippen LogP contribution in [0.4, 0.5) is 0 Å². The van der Waals surface area contributed by atoms with Crippen molar-refractivity contribution in [3.63, 3.8) is 0 Å². The molecule has 6 nitrogen and oxygen atoms in total. The lowest BCUT2D eigenvalue weighted by molar-refractivity contribution is 0.313. The molecule has 7 heteroatoms. The summed E-state index contributed by atoms with van der Waals surface area (Å²) < 4.78 is 35.3. The number of nitrogens with zero attached hydrogens (tertiary/aromatic N) is 3. The predicted molar refractivity (Wildman–Crippen MR) is 89.5 cm³/mol. The van der Waals surface area contributed by atoms with Gasteiger partial charge in [0.25, 0.3) is 0 Å². The first kappa shape index (κ1) is 15.7. The van der Waals surface area contributed by atoms with Gasteiger partial charge in [-0.1, -0.05) is 12.1 Å². The van der Waals surface area contributed by atoms with Crippen LogP contribution in [0.1, 0.15) is 30.3 Å². The van der Waals surface area contributed by atoms with Crippen molar-refractivity contribution in [1.82, 2.24) is 14.1 Å². The molecule has 0 spiro atoms. The van der Waals surface area contributed by atoms with Crippen molar-refractivity contribution in [2.24, 2.45) is 0 Å². The number of para-hydroxylation sites is 1. The fourth-order valence-corrected chi connectivity index (χ4v) is 5.13. The molecule has 1 aromatic carbocycles. The van der Waals surface area contributed by atoms with Crippen LogP contribution in [0.15, 0.2) is 29.2 Å². The predicted octanol–water partition coefficient (Wildman–Crippen LogP) is 1.97. The Morgan fingerprint density at radius 1 is 1.21 bits per heavy atom. The molecule has 24 heavy (non-hydrogen) atoms. The first-order valence-corrected chi connectivity index (χ1v) is 9.84. The molecule has 4 rings (SSSR count). The fraction of sp³-hybridized carbons (Fsp3) is 0.471. The van der Waals surface area contributed by atoms with Crippen LogP contribution in [0.25, 0.3) is 0 Å². The van der Waals surface area contributed by atoms with Crippen molar-refractivity contribution < 1.29 is 13.2 Å². The van der Waals surface area contributed by atoms with Crippen LogP contribution in [0.2, 0.25) is 0 Å². The maximum atomic E-state index is 13.1. The van der Waals surface area contributed by atoms with Gasteiger partial charge in [0.05, 0.1) is 31.1 Å². The van der Waals surface area contributed by atoms with Gasteiger partial charge >= 0.3 is 0 Å². The molecule has 2 aliphatic rings. The van der Waals surface area contributed by atoms with E-state index in [-0.39, 0.29) is 4.90 Å². The molecular weight excluding hydrogens is 326 g/mol. The van der Waals surface area contributed by atoms with Gasteiger partial charge in [0, 0.05) is 6.54 Å². The van der Waals surface area contributed by atoms with Gasteiger partial charge in [-0.3, -0.25) is 4.68 Å². The van der Waals surface area contributed by atoms with E-state index in [9.17, 15) is 8.42 Å². The second kappa shape index (κ2) is 5.89. The standard InChI is InChI=1S/C17H21N3O3S/c1-2-23-16-8-3-4-9-17(16)24(21,22)19-10-11-20-15(12-19)13-6-5-7-14(13)18-20/h3-4,8-9H,2,5-7,10-12H2,1H3. The van der Waals surface area contributed by atoms with Crippen LogP contribution in [0.3, 0.4) is 0 Å². The number of fused-ring (bicyclic) bond motifs is 3. The molecule has 0 radical (unpaired) electrons. The summed E-state index contributed by atoms with van der Waals surface area (Å²) in [4.78, 5) is 0.247. The Hall–Kier alpha value is -1.86. The largest absolute Gasteiger partial charge is 0.492 e. The molecule has 0 saturated carbocycles. The summed E-state index contributed by atoms with van der Waals surface area (Å²) in [7, 11) is -3.59. The molecule has 0 amide bonds. The van der Waals surface area contributed by atoms with E-state index in [2.05, 4.69) is 5.10 Å². The van der Waals surface area contributed by atoms with Crippen LogP contribution >= 0.6 is 0 Å². The SMILES string of the molecule is CCOc1ccccc1S(=O)(=O)N1CCn2nc3c(c2C1)CCC3. The van der Waals surface area contributed by atoms with Crippen LogP contribution in [0.5, 0.6) is 5.75 Å². The van der Waals surface area contributed by atoms with Crippen LogP contribution in [-0.4, -0.2) is 35.7 Å². The van der Waals surface area contributed by atoms with Gasteiger partial charge in [-0.05, 0) is 43.9 Å². The zero-order valence-electron chi connectivity index (χ0n) is 13.7. The Morgan fingerprint density at radius 3 is 2.88 bits per heavy atom. The van der Waals surface area contributed by atoms with E-state index >= 15 is 0 Å². The lowest BCUT2D eigenvalue weighted by Gasteiger charge is -2.28. The summed E-state index contributed by atoms with van der Waals surface area (Å²) in [5.41, 5.74) is 3.47. The molecule has 2 aromatic rings. The monoisotopic (exact) mass is 347 g/mol. The molecule has 0 atom stereocenters. The summed E-state index contributed by atoms with van der Waals surface area (Å²) in [5.74, 6) is 0.421. The quantitative estimate of drug-likeness (QED) is 0.848. The van der Waals surface area contributed by atoms with Crippen molar-refractivity contribution in [1.29, 1.82) is 0 Å². The minimum Gasteiger partial charge on any atom is -0.492 e. The average Bonchev–Trinajstić information content (AvgIpc) is 3.16. The molecule has 128 valence electrons. The van der Waals surface area contributed by atoms with Gasteiger partial charge in [0.2, 0.25) is 10.0 Å². The topological polar surface area (TPSA) is 64.4 Å². The first-order valence-electron chi connectivity index (χ1n) is 8.40. The van der Waals surface area contributed by atoms with Crippen LogP contribution in [0, 0.1) is 0 Å². The normalized spacial score (nSPS) is 17.5. The Bertz CT molecular complexity index is 873. The first-order chi connectivity index (χ1) is 11.6. The molecule has 1 aliphatic heterocycles. The molecule has 1 aliphatic carbocycles. The second-order valence-electron chi connectivity index (χ2n) is 6.17. The molecule has 0 unspecified atom stereocenters. The number of hydrogen-bond acceptors (Lipinski definition) is 4. The van der Waals surface area contributed by atoms with Gasteiger partial charge in [0.1, 0.15) is 10.6 Å². The van der Waals surface area contributed by atoms with E-state index in [4.69, 9.17) is 4.74 Å². The molecule has 0 saturated heterocycles. The van der Waals surface area contributed by atoms with Crippen LogP contribution < -0.4 is 4.74 Å². The van der Waals surface area contributed by atoms with Crippen molar-refractivity contribution in [3.05, 3.63) is 41.2 Å². The lowest BCUT2D eigenvalue weighted by Crippen LogP contribution is -2.38. The number of ether oxygens (including phenoxy) is 1. The van der Waals surface area contributed by atoms with Gasteiger partial charge < -0.3 is 4.74 Å². The molecular formula is C17H21N3O3S. The zero-order valence-corrected chi connectivity index (χ0v) is 14.6. The zero-order chi connectivity index (χ0) is 16.7. The van der Waals surface area contributed by atoms with E-state index in [0.717, 1.165) is 30.7 Å². The van der Waals surface area contributed by atoms with Gasteiger partial charge in [-0.25, -0.2) is 8.42 Å². The summed E-state index contributed by atoms with van der Waals surface area (Å²) in [6.07, 6.45) is 3.13. The smallest absolute Gasteiger partial charge is 0.247 e. The third-order valence-electron chi connectivity index (χ3n) is 4.74. The van der Waals surface area contributed by atoms with Gasteiger partial charge in [-0.15, -0.1) is 0 Å². The van der Waals surface area contributed by atoms with Crippen molar-refractivity contribution >= 4 is 10.0 Å². The summed E-state index contributed by atoms with van der Waals surface area (Å²) in [5, 5.41) is 4.64. The maximum Gasteiger partial charge on any atom is 0.247 e. The Balaban J connectivity index is 1.69. The molecule has 0 N–H and O–H groups in total. The highest BCUT2D eigenvalue weighted by Crippen LogP contribution is 2.32. The van der Waals surface area contributed by atoms with E-state index in [1.807, 2.05) is 11.6 Å². The minimum absolute atomic E-state index is 0.247. The van der Waals surface area contributed by atoms with E-state index in [1.165, 1.54) is 5.56 Å². The number of hydrogen-bond donors (Lipinski definition) is 0. The van der Waals surface area contributed by atoms with E-state index in [0.29, 0.717) is 32.0 Å². The number of aromatic nitrogens is 2. The lowest BCUT2D eigenvalue weighted by atomic mass is 10.2. The van der Waals surface area contributed by atoms with Crippen molar-refractivity contribution in [3.8, 4) is 5.75 Å². The highest BCUT2D eigenvalue weighted by molar-refractivity contribution is 7.89. The van der Waals surface area contributed by atoms with E-state index < -0.39 is 10.0 Å². The Labute approximate surface area is 142 Å². The summed E-state index contributed by atoms with van der Waals surface area (Å²) in [6, 6.07) is 6.86. The summed E-state index contributed by atoms with van der Waals surface area (Å²) >= 11 is 0.